The van der Waals surface area contributed by atoms with Crippen LogP contribution in [0.2, 0.25) is 0 Å². The second kappa shape index (κ2) is 10.4. The quantitative estimate of drug-likeness (QED) is 0.341. The van der Waals surface area contributed by atoms with Gasteiger partial charge in [0.25, 0.3) is 0 Å². The molecule has 3 aromatic rings. The molecule has 0 saturated carbocycles. The molecule has 0 saturated heterocycles. The zero-order chi connectivity index (χ0) is 25.3. The van der Waals surface area contributed by atoms with Gasteiger partial charge in [-0.05, 0) is 94.4 Å². The smallest absolute Gasteiger partial charge is 0.341 e. The first-order valence-electron chi connectivity index (χ1n) is 12.9. The highest BCUT2D eigenvalue weighted by Gasteiger charge is 2.30. The predicted octanol–water partition coefficient (Wildman–Crippen LogP) is 7.51. The Balaban J connectivity index is 1.37. The van der Waals surface area contributed by atoms with Crippen LogP contribution in [0.15, 0.2) is 30.3 Å². The summed E-state index contributed by atoms with van der Waals surface area (Å²) in [6.45, 7) is 6.08. The van der Waals surface area contributed by atoms with Crippen molar-refractivity contribution in [1.82, 2.24) is 5.32 Å². The molecule has 5 rings (SSSR count). The lowest BCUT2D eigenvalue weighted by atomic mass is 9.93. The highest BCUT2D eigenvalue weighted by Crippen LogP contribution is 2.41. The second-order valence-electron chi connectivity index (χ2n) is 10.6. The fourth-order valence-corrected chi connectivity index (χ4v) is 7.84. The van der Waals surface area contributed by atoms with Crippen LogP contribution in [0.4, 0.5) is 9.80 Å². The average molecular weight is 523 g/mol. The summed E-state index contributed by atoms with van der Waals surface area (Å²) in [5.41, 5.74) is 4.84. The Morgan fingerprint density at radius 2 is 1.53 bits per heavy atom. The Morgan fingerprint density at radius 3 is 2.22 bits per heavy atom. The minimum Gasteiger partial charge on any atom is -0.456 e. The summed E-state index contributed by atoms with van der Waals surface area (Å²) in [6, 6.07) is 10.2. The third-order valence-corrected chi connectivity index (χ3v) is 9.33. The van der Waals surface area contributed by atoms with Crippen LogP contribution in [0.3, 0.4) is 0 Å². The maximum Gasteiger partial charge on any atom is 0.341 e. The molecule has 0 fully saturated rings. The van der Waals surface area contributed by atoms with Crippen molar-refractivity contribution in [3.8, 4) is 10.4 Å². The molecule has 2 amide bonds. The largest absolute Gasteiger partial charge is 0.456 e. The van der Waals surface area contributed by atoms with Crippen molar-refractivity contribution in [2.24, 2.45) is 0 Å². The Labute approximate surface area is 221 Å². The number of carbonyl (C=O) groups is 2. The number of anilines is 1. The lowest BCUT2D eigenvalue weighted by Crippen LogP contribution is -2.30. The van der Waals surface area contributed by atoms with E-state index in [2.05, 4.69) is 34.9 Å². The normalized spacial score (nSPS) is 15.1. The van der Waals surface area contributed by atoms with Crippen LogP contribution < -0.4 is 10.6 Å². The Kier molecular flexibility index (Phi) is 7.22. The van der Waals surface area contributed by atoms with Crippen molar-refractivity contribution >= 4 is 39.7 Å². The van der Waals surface area contributed by atoms with E-state index in [4.69, 9.17) is 4.74 Å². The summed E-state index contributed by atoms with van der Waals surface area (Å²) < 4.78 is 5.71. The molecule has 0 unspecified atom stereocenters. The molecular weight excluding hydrogens is 488 g/mol. The molecular formula is C29H34N2O3S2. The summed E-state index contributed by atoms with van der Waals surface area (Å²) in [5, 5.41) is 6.71. The van der Waals surface area contributed by atoms with Gasteiger partial charge in [-0.15, -0.1) is 22.7 Å². The van der Waals surface area contributed by atoms with Gasteiger partial charge >= 0.3 is 12.0 Å². The number of hydrogen-bond acceptors (Lipinski definition) is 5. The summed E-state index contributed by atoms with van der Waals surface area (Å²) >= 11 is 3.39. The van der Waals surface area contributed by atoms with Crippen LogP contribution in [-0.2, 0) is 37.0 Å². The maximum atomic E-state index is 13.1. The molecule has 2 aliphatic rings. The minimum atomic E-state index is -0.591. The van der Waals surface area contributed by atoms with E-state index in [9.17, 15) is 9.59 Å². The van der Waals surface area contributed by atoms with Gasteiger partial charge in [-0.3, -0.25) is 5.32 Å². The number of aryl methyl sites for hydroxylation is 2. The fourth-order valence-electron chi connectivity index (χ4n) is 5.16. The zero-order valence-corrected chi connectivity index (χ0v) is 22.9. The van der Waals surface area contributed by atoms with Gasteiger partial charge in [0.1, 0.15) is 10.6 Å². The Hall–Kier alpha value is -2.64. The number of thiophene rings is 2. The number of urea groups is 1. The van der Waals surface area contributed by atoms with Crippen LogP contribution in [0.25, 0.3) is 10.4 Å². The fraction of sp³-hybridized carbons (Fsp3) is 0.448. The molecule has 2 N–H and O–H groups in total. The third kappa shape index (κ3) is 5.37. The van der Waals surface area contributed by atoms with Crippen molar-refractivity contribution < 1.29 is 14.3 Å². The van der Waals surface area contributed by atoms with E-state index in [0.717, 1.165) is 44.1 Å². The van der Waals surface area contributed by atoms with Gasteiger partial charge in [0.2, 0.25) is 0 Å². The lowest BCUT2D eigenvalue weighted by Gasteiger charge is -2.21. The van der Waals surface area contributed by atoms with E-state index in [-0.39, 0.29) is 12.0 Å². The first-order valence-corrected chi connectivity index (χ1v) is 14.5. The van der Waals surface area contributed by atoms with Gasteiger partial charge in [0, 0.05) is 21.2 Å². The van der Waals surface area contributed by atoms with Crippen molar-refractivity contribution in [2.75, 3.05) is 5.32 Å². The number of fused-ring (bicyclic) bond motifs is 2. The first kappa shape index (κ1) is 25.0. The first-order chi connectivity index (χ1) is 17.3. The van der Waals surface area contributed by atoms with E-state index in [0.29, 0.717) is 17.1 Å². The molecule has 0 aliphatic heterocycles. The topological polar surface area (TPSA) is 67.4 Å². The monoisotopic (exact) mass is 522 g/mol. The molecule has 2 aromatic heterocycles. The van der Waals surface area contributed by atoms with E-state index >= 15 is 0 Å². The molecule has 1 aromatic carbocycles. The Bertz CT molecular complexity index is 1270. The molecule has 190 valence electrons. The third-order valence-electron chi connectivity index (χ3n) is 6.74. The molecule has 0 spiro atoms. The number of nitrogens with one attached hydrogen (secondary N) is 2. The molecule has 36 heavy (non-hydrogen) atoms. The van der Waals surface area contributed by atoms with Gasteiger partial charge in [0.05, 0.1) is 5.56 Å². The highest BCUT2D eigenvalue weighted by atomic mass is 32.1. The number of hydrogen-bond donors (Lipinski definition) is 2. The minimum absolute atomic E-state index is 0.284. The van der Waals surface area contributed by atoms with E-state index < -0.39 is 5.60 Å². The standard InChI is InChI=1S/C29H34N2O3S2/c1-29(2,3)34-27(32)24-20-14-8-10-16-23(20)36-26(24)31-28(33)30-17-21-19-13-7-9-15-22(19)35-25(21)18-11-5-4-6-12-18/h4-6,11-12H,7-10,13-17H2,1-3H3,(H2,30,31,33). The lowest BCUT2D eigenvalue weighted by molar-refractivity contribution is 0.00699. The highest BCUT2D eigenvalue weighted by molar-refractivity contribution is 7.17. The molecule has 5 nitrogen and oxygen atoms in total. The van der Waals surface area contributed by atoms with Crippen LogP contribution in [0.5, 0.6) is 0 Å². The summed E-state index contributed by atoms with van der Waals surface area (Å²) in [6.07, 6.45) is 8.56. The average Bonchev–Trinajstić information content (AvgIpc) is 3.40. The van der Waals surface area contributed by atoms with Gasteiger partial charge in [-0.2, -0.15) is 0 Å². The second-order valence-corrected chi connectivity index (χ2v) is 12.8. The molecule has 0 radical (unpaired) electrons. The van der Waals surface area contributed by atoms with E-state index in [1.807, 2.05) is 38.2 Å². The van der Waals surface area contributed by atoms with Crippen LogP contribution in [-0.4, -0.2) is 17.6 Å². The van der Waals surface area contributed by atoms with E-state index in [1.54, 1.807) is 0 Å². The number of carbonyl (C=O) groups excluding carboxylic acids is 2. The summed E-state index contributed by atoms with van der Waals surface area (Å²) in [5.74, 6) is -0.351. The number of ether oxygens (including phenoxy) is 1. The van der Waals surface area contributed by atoms with Crippen LogP contribution in [0, 0.1) is 0 Å². The van der Waals surface area contributed by atoms with Gasteiger partial charge in [-0.25, -0.2) is 9.59 Å². The van der Waals surface area contributed by atoms with Crippen molar-refractivity contribution in [2.45, 2.75) is 84.3 Å². The number of benzene rings is 1. The van der Waals surface area contributed by atoms with Gasteiger partial charge in [0.15, 0.2) is 0 Å². The number of rotatable bonds is 5. The van der Waals surface area contributed by atoms with E-state index in [1.165, 1.54) is 55.5 Å². The van der Waals surface area contributed by atoms with Gasteiger partial charge < -0.3 is 10.1 Å². The van der Waals surface area contributed by atoms with Crippen molar-refractivity contribution in [3.05, 3.63) is 62.3 Å². The molecule has 0 atom stereocenters. The summed E-state index contributed by atoms with van der Waals surface area (Å²) in [7, 11) is 0. The molecule has 7 heteroatoms. The predicted molar refractivity (Wildman–Crippen MR) is 148 cm³/mol. The van der Waals surface area contributed by atoms with Gasteiger partial charge in [-0.1, -0.05) is 30.3 Å². The maximum absolute atomic E-state index is 13.1. The number of esters is 1. The zero-order valence-electron chi connectivity index (χ0n) is 21.3. The SMILES string of the molecule is CC(C)(C)OC(=O)c1c(NC(=O)NCc2c(-c3ccccc3)sc3c2CCCC3)sc2c1CCCC2. The summed E-state index contributed by atoms with van der Waals surface area (Å²) in [4.78, 5) is 30.1. The molecule has 0 bridgehead atoms. The number of amides is 2. The Morgan fingerprint density at radius 1 is 0.889 bits per heavy atom. The molecule has 2 aliphatic carbocycles. The van der Waals surface area contributed by atoms with Crippen LogP contribution >= 0.6 is 22.7 Å². The van der Waals surface area contributed by atoms with Crippen molar-refractivity contribution in [3.63, 3.8) is 0 Å². The van der Waals surface area contributed by atoms with Crippen LogP contribution in [0.1, 0.15) is 83.3 Å². The molecule has 2 heterocycles. The van der Waals surface area contributed by atoms with Crippen molar-refractivity contribution in [1.29, 1.82) is 0 Å².